The van der Waals surface area contributed by atoms with Crippen molar-refractivity contribution in [3.05, 3.63) is 46.0 Å². The maximum Gasteiger partial charge on any atom is 0.341 e. The molecule has 88 valence electrons. The molecule has 0 radical (unpaired) electrons. The lowest BCUT2D eigenvalue weighted by Crippen LogP contribution is -2.26. The summed E-state index contributed by atoms with van der Waals surface area (Å²) in [6, 6.07) is 2.73. The van der Waals surface area contributed by atoms with Gasteiger partial charge in [0.2, 0.25) is 11.8 Å². The van der Waals surface area contributed by atoms with Gasteiger partial charge in [0.15, 0.2) is 0 Å². The van der Waals surface area contributed by atoms with Gasteiger partial charge < -0.3 is 14.1 Å². The van der Waals surface area contributed by atoms with E-state index in [9.17, 15) is 9.59 Å². The number of nitrogens with zero attached hydrogens (tertiary/aromatic N) is 3. The topological polar surface area (TPSA) is 98.2 Å². The number of rotatable bonds is 3. The van der Waals surface area contributed by atoms with Crippen LogP contribution >= 0.6 is 0 Å². The van der Waals surface area contributed by atoms with Crippen LogP contribution in [-0.2, 0) is 6.54 Å². The van der Waals surface area contributed by atoms with Gasteiger partial charge in [0, 0.05) is 13.1 Å². The Balaban J connectivity index is 2.37. The molecule has 0 aromatic carbocycles. The minimum atomic E-state index is -1.26. The third kappa shape index (κ3) is 2.22. The van der Waals surface area contributed by atoms with Crippen LogP contribution in [0.4, 0.5) is 0 Å². The number of pyridine rings is 1. The van der Waals surface area contributed by atoms with E-state index < -0.39 is 11.5 Å². The summed E-state index contributed by atoms with van der Waals surface area (Å²) in [5, 5.41) is 16.2. The lowest BCUT2D eigenvalue weighted by molar-refractivity contribution is 0.0694. The zero-order valence-corrected chi connectivity index (χ0v) is 8.95. The standard InChI is InChI=1S/C10H9N3O4/c1-6-11-12-8(17-6)5-13-4-2-3-7(9(13)14)10(15)16/h2-4H,5H2,1H3,(H,15,16). The van der Waals surface area contributed by atoms with Gasteiger partial charge >= 0.3 is 5.97 Å². The lowest BCUT2D eigenvalue weighted by atomic mass is 10.3. The van der Waals surface area contributed by atoms with Gasteiger partial charge in [-0.2, -0.15) is 0 Å². The van der Waals surface area contributed by atoms with Crippen molar-refractivity contribution in [2.24, 2.45) is 0 Å². The molecule has 7 heteroatoms. The Bertz CT molecular complexity index is 614. The van der Waals surface area contributed by atoms with Crippen molar-refractivity contribution >= 4 is 5.97 Å². The highest BCUT2D eigenvalue weighted by molar-refractivity contribution is 5.86. The Kier molecular flexibility index (Phi) is 2.73. The van der Waals surface area contributed by atoms with Crippen molar-refractivity contribution in [2.45, 2.75) is 13.5 Å². The third-order valence-electron chi connectivity index (χ3n) is 2.12. The van der Waals surface area contributed by atoms with Gasteiger partial charge in [-0.15, -0.1) is 10.2 Å². The summed E-state index contributed by atoms with van der Waals surface area (Å²) in [6.45, 7) is 1.69. The number of carboxylic acid groups (broad SMARTS) is 1. The smallest absolute Gasteiger partial charge is 0.341 e. The monoisotopic (exact) mass is 235 g/mol. The average Bonchev–Trinajstić information content (AvgIpc) is 2.67. The molecule has 7 nitrogen and oxygen atoms in total. The van der Waals surface area contributed by atoms with Crippen LogP contribution in [0.25, 0.3) is 0 Å². The fraction of sp³-hybridized carbons (Fsp3) is 0.200. The zero-order valence-electron chi connectivity index (χ0n) is 8.95. The van der Waals surface area contributed by atoms with E-state index in [1.165, 1.54) is 22.9 Å². The van der Waals surface area contributed by atoms with Gasteiger partial charge in [-0.3, -0.25) is 4.79 Å². The molecule has 0 atom stereocenters. The van der Waals surface area contributed by atoms with Crippen LogP contribution in [0.3, 0.4) is 0 Å². The van der Waals surface area contributed by atoms with E-state index in [0.717, 1.165) is 0 Å². The number of hydrogen-bond acceptors (Lipinski definition) is 5. The van der Waals surface area contributed by atoms with Gasteiger partial charge in [0.1, 0.15) is 12.1 Å². The maximum atomic E-state index is 11.7. The Hall–Kier alpha value is -2.44. The van der Waals surface area contributed by atoms with Crippen molar-refractivity contribution in [1.82, 2.24) is 14.8 Å². The second kappa shape index (κ2) is 4.20. The SMILES string of the molecule is Cc1nnc(Cn2cccc(C(=O)O)c2=O)o1. The molecule has 2 aromatic rings. The molecule has 0 aliphatic carbocycles. The molecular formula is C10H9N3O4. The first kappa shape index (κ1) is 11.1. The van der Waals surface area contributed by atoms with E-state index in [-0.39, 0.29) is 18.0 Å². The summed E-state index contributed by atoms with van der Waals surface area (Å²) < 4.78 is 6.32. The molecule has 0 amide bonds. The molecule has 0 unspecified atom stereocenters. The maximum absolute atomic E-state index is 11.7. The van der Waals surface area contributed by atoms with E-state index in [1.54, 1.807) is 6.92 Å². The van der Waals surface area contributed by atoms with E-state index in [1.807, 2.05) is 0 Å². The van der Waals surface area contributed by atoms with Crippen LogP contribution in [0, 0.1) is 6.92 Å². The van der Waals surface area contributed by atoms with Gasteiger partial charge in [0.25, 0.3) is 5.56 Å². The number of carboxylic acids is 1. The normalized spacial score (nSPS) is 10.4. The van der Waals surface area contributed by atoms with Crippen LogP contribution in [0.15, 0.2) is 27.5 Å². The van der Waals surface area contributed by atoms with Gasteiger partial charge in [-0.1, -0.05) is 0 Å². The quantitative estimate of drug-likeness (QED) is 0.820. The first-order chi connectivity index (χ1) is 8.08. The first-order valence-corrected chi connectivity index (χ1v) is 4.79. The summed E-state index contributed by atoms with van der Waals surface area (Å²) in [5.74, 6) is -0.611. The highest BCUT2D eigenvalue weighted by Gasteiger charge is 2.11. The van der Waals surface area contributed by atoms with E-state index >= 15 is 0 Å². The molecule has 17 heavy (non-hydrogen) atoms. The van der Waals surface area contributed by atoms with Crippen molar-refractivity contribution < 1.29 is 14.3 Å². The summed E-state index contributed by atoms with van der Waals surface area (Å²) in [5.41, 5.74) is -0.889. The molecule has 1 N–H and O–H groups in total. The number of aromatic carboxylic acids is 1. The second-order valence-electron chi connectivity index (χ2n) is 3.37. The summed E-state index contributed by atoms with van der Waals surface area (Å²) in [4.78, 5) is 22.5. The predicted molar refractivity (Wildman–Crippen MR) is 55.8 cm³/mol. The predicted octanol–water partition coefficient (Wildman–Crippen LogP) is 0.286. The largest absolute Gasteiger partial charge is 0.477 e. The molecule has 2 heterocycles. The molecule has 0 saturated heterocycles. The number of aryl methyl sites for hydroxylation is 1. The van der Waals surface area contributed by atoms with Crippen LogP contribution in [0.2, 0.25) is 0 Å². The Morgan fingerprint density at radius 1 is 1.53 bits per heavy atom. The van der Waals surface area contributed by atoms with Crippen LogP contribution in [0.1, 0.15) is 22.1 Å². The van der Waals surface area contributed by atoms with E-state index in [4.69, 9.17) is 9.52 Å². The molecule has 0 aliphatic rings. The minimum absolute atomic E-state index is 0.0563. The average molecular weight is 235 g/mol. The van der Waals surface area contributed by atoms with Crippen LogP contribution in [-0.4, -0.2) is 25.8 Å². The molecule has 0 aliphatic heterocycles. The van der Waals surface area contributed by atoms with Crippen LogP contribution in [0.5, 0.6) is 0 Å². The molecule has 0 spiro atoms. The molecule has 0 fully saturated rings. The minimum Gasteiger partial charge on any atom is -0.477 e. The van der Waals surface area contributed by atoms with Crippen molar-refractivity contribution in [2.75, 3.05) is 0 Å². The summed E-state index contributed by atoms with van der Waals surface area (Å²) in [6.07, 6.45) is 1.47. The third-order valence-corrected chi connectivity index (χ3v) is 2.12. The zero-order chi connectivity index (χ0) is 12.4. The lowest BCUT2D eigenvalue weighted by Gasteiger charge is -2.02. The van der Waals surface area contributed by atoms with E-state index in [2.05, 4.69) is 10.2 Å². The van der Waals surface area contributed by atoms with Gasteiger partial charge in [-0.05, 0) is 12.1 Å². The number of aromatic nitrogens is 3. The van der Waals surface area contributed by atoms with Crippen LogP contribution < -0.4 is 5.56 Å². The second-order valence-corrected chi connectivity index (χ2v) is 3.37. The fourth-order valence-electron chi connectivity index (χ4n) is 1.37. The van der Waals surface area contributed by atoms with Crippen molar-refractivity contribution in [3.63, 3.8) is 0 Å². The first-order valence-electron chi connectivity index (χ1n) is 4.79. The molecular weight excluding hydrogens is 226 g/mol. The summed E-state index contributed by atoms with van der Waals surface area (Å²) >= 11 is 0. The summed E-state index contributed by atoms with van der Waals surface area (Å²) in [7, 11) is 0. The van der Waals surface area contributed by atoms with Crippen molar-refractivity contribution in [1.29, 1.82) is 0 Å². The number of carbonyl (C=O) groups is 1. The molecule has 2 aromatic heterocycles. The highest BCUT2D eigenvalue weighted by atomic mass is 16.4. The molecule has 0 saturated carbocycles. The van der Waals surface area contributed by atoms with Crippen molar-refractivity contribution in [3.8, 4) is 0 Å². The molecule has 2 rings (SSSR count). The van der Waals surface area contributed by atoms with Gasteiger partial charge in [-0.25, -0.2) is 4.79 Å². The Morgan fingerprint density at radius 2 is 2.29 bits per heavy atom. The van der Waals surface area contributed by atoms with E-state index in [0.29, 0.717) is 5.89 Å². The number of hydrogen-bond donors (Lipinski definition) is 1. The highest BCUT2D eigenvalue weighted by Crippen LogP contribution is 2.00. The van der Waals surface area contributed by atoms with Gasteiger partial charge in [0.05, 0.1) is 0 Å². The Labute approximate surface area is 95.3 Å². The fourth-order valence-corrected chi connectivity index (χ4v) is 1.37. The Morgan fingerprint density at radius 3 is 2.88 bits per heavy atom. The molecule has 0 bridgehead atoms.